The van der Waals surface area contributed by atoms with Gasteiger partial charge in [-0.25, -0.2) is 4.79 Å². The van der Waals surface area contributed by atoms with Crippen LogP contribution in [0.4, 0.5) is 0 Å². The van der Waals surface area contributed by atoms with Crippen LogP contribution in [-0.4, -0.2) is 36.6 Å². The molecule has 18 heavy (non-hydrogen) atoms. The topological polar surface area (TPSA) is 102 Å². The molecular weight excluding hydrogens is 242 g/mol. The largest absolute Gasteiger partial charge is 0.475 e. The predicted octanol–water partition coefficient (Wildman–Crippen LogP) is 0.0422. The molecule has 1 amide bonds. The minimum absolute atomic E-state index is 0.0345. The van der Waals surface area contributed by atoms with E-state index in [0.717, 1.165) is 0 Å². The number of nitrogens with one attached hydrogen (secondary N) is 1. The van der Waals surface area contributed by atoms with Crippen molar-refractivity contribution in [3.05, 3.63) is 23.3 Å². The highest BCUT2D eigenvalue weighted by atomic mass is 16.7. The lowest BCUT2D eigenvalue weighted by Crippen LogP contribution is -2.23. The van der Waals surface area contributed by atoms with Crippen LogP contribution >= 0.6 is 0 Å². The zero-order chi connectivity index (χ0) is 13.3. The first-order chi connectivity index (χ1) is 8.54. The van der Waals surface area contributed by atoms with Crippen molar-refractivity contribution in [2.75, 3.05) is 13.8 Å². The van der Waals surface area contributed by atoms with Crippen molar-refractivity contribution >= 4 is 17.7 Å². The average Bonchev–Trinajstić information content (AvgIpc) is 2.82. The van der Waals surface area contributed by atoms with E-state index in [1.807, 2.05) is 0 Å². The quantitative estimate of drug-likeness (QED) is 0.581. The highest BCUT2D eigenvalue weighted by Crippen LogP contribution is 2.35. The van der Waals surface area contributed by atoms with Crippen molar-refractivity contribution in [3.8, 4) is 11.5 Å². The Morgan fingerprint density at radius 3 is 2.22 bits per heavy atom. The van der Waals surface area contributed by atoms with Gasteiger partial charge >= 0.3 is 5.97 Å². The van der Waals surface area contributed by atoms with Crippen LogP contribution in [-0.2, 0) is 4.79 Å². The highest BCUT2D eigenvalue weighted by Gasteiger charge is 2.26. The minimum atomic E-state index is -1.64. The molecule has 2 N–H and O–H groups in total. The Balaban J connectivity index is 2.58. The number of hydrogen-bond acceptors (Lipinski definition) is 5. The molecule has 1 aliphatic heterocycles. The predicted molar refractivity (Wildman–Crippen MR) is 57.9 cm³/mol. The lowest BCUT2D eigenvalue weighted by molar-refractivity contribution is -0.131. The third-order valence-electron chi connectivity index (χ3n) is 2.42. The molecule has 94 valence electrons. The summed E-state index contributed by atoms with van der Waals surface area (Å²) in [6.07, 6.45) is 0. The summed E-state index contributed by atoms with van der Waals surface area (Å²) in [5.41, 5.74) is -0.291. The summed E-state index contributed by atoms with van der Waals surface area (Å²) in [6, 6.07) is 2.49. The maximum Gasteiger partial charge on any atom is 0.377 e. The van der Waals surface area contributed by atoms with E-state index in [0.29, 0.717) is 5.75 Å². The van der Waals surface area contributed by atoms with Gasteiger partial charge in [0.05, 0.1) is 5.56 Å². The summed E-state index contributed by atoms with van der Waals surface area (Å²) in [5, 5.41) is 11.0. The molecule has 1 aliphatic rings. The number of hydrogen-bond donors (Lipinski definition) is 2. The van der Waals surface area contributed by atoms with E-state index < -0.39 is 17.7 Å². The van der Waals surface area contributed by atoms with Gasteiger partial charge in [0.1, 0.15) is 0 Å². The Bertz CT molecular complexity index is 551. The molecule has 0 spiro atoms. The number of rotatable bonds is 3. The molecule has 0 radical (unpaired) electrons. The number of ketones is 1. The molecule has 0 fully saturated rings. The Hall–Kier alpha value is -2.57. The molecule has 1 aromatic carbocycles. The second-order valence-electron chi connectivity index (χ2n) is 3.46. The second kappa shape index (κ2) is 4.36. The van der Waals surface area contributed by atoms with Crippen molar-refractivity contribution in [2.45, 2.75) is 0 Å². The zero-order valence-corrected chi connectivity index (χ0v) is 9.35. The number of carbonyl (C=O) groups is 3. The molecule has 7 nitrogen and oxygen atoms in total. The zero-order valence-electron chi connectivity index (χ0n) is 9.35. The van der Waals surface area contributed by atoms with Gasteiger partial charge in [0.15, 0.2) is 11.5 Å². The van der Waals surface area contributed by atoms with Gasteiger partial charge in [-0.3, -0.25) is 9.59 Å². The molecule has 0 unspecified atom stereocenters. The fraction of sp³-hybridized carbons (Fsp3) is 0.182. The van der Waals surface area contributed by atoms with Crippen molar-refractivity contribution in [1.29, 1.82) is 0 Å². The molecule has 2 rings (SSSR count). The monoisotopic (exact) mass is 251 g/mol. The standard InChI is InChI=1S/C11H9NO6/c1-12-10(14)6-3-8-7(17-4-18-8)2-5(6)9(13)11(15)16/h2-3H,4H2,1H3,(H,12,14)(H,15,16). The highest BCUT2D eigenvalue weighted by molar-refractivity contribution is 6.41. The van der Waals surface area contributed by atoms with Crippen LogP contribution in [0.15, 0.2) is 12.1 Å². The molecule has 1 aromatic rings. The maximum absolute atomic E-state index is 11.6. The number of carbonyl (C=O) groups excluding carboxylic acids is 2. The van der Waals surface area contributed by atoms with Gasteiger partial charge in [-0.1, -0.05) is 0 Å². The van der Waals surface area contributed by atoms with Crippen molar-refractivity contribution in [3.63, 3.8) is 0 Å². The lowest BCUT2D eigenvalue weighted by Gasteiger charge is -2.07. The van der Waals surface area contributed by atoms with Gasteiger partial charge < -0.3 is 19.9 Å². The van der Waals surface area contributed by atoms with E-state index in [4.69, 9.17) is 14.6 Å². The van der Waals surface area contributed by atoms with E-state index in [2.05, 4.69) is 5.32 Å². The van der Waals surface area contributed by atoms with E-state index in [1.165, 1.54) is 19.2 Å². The summed E-state index contributed by atoms with van der Waals surface area (Å²) >= 11 is 0. The van der Waals surface area contributed by atoms with Gasteiger partial charge in [0, 0.05) is 12.6 Å². The Morgan fingerprint density at radius 1 is 1.17 bits per heavy atom. The van der Waals surface area contributed by atoms with E-state index >= 15 is 0 Å². The van der Waals surface area contributed by atoms with Gasteiger partial charge in [0.25, 0.3) is 11.7 Å². The number of carboxylic acids is 1. The van der Waals surface area contributed by atoms with Crippen LogP contribution in [0.25, 0.3) is 0 Å². The van der Waals surface area contributed by atoms with Crippen LogP contribution in [0.3, 0.4) is 0 Å². The molecule has 0 aliphatic carbocycles. The van der Waals surface area contributed by atoms with Gasteiger partial charge in [-0.2, -0.15) is 0 Å². The van der Waals surface area contributed by atoms with E-state index in [-0.39, 0.29) is 23.7 Å². The van der Waals surface area contributed by atoms with Crippen LogP contribution < -0.4 is 14.8 Å². The number of fused-ring (bicyclic) bond motifs is 1. The number of aliphatic carboxylic acids is 1. The lowest BCUT2D eigenvalue weighted by atomic mass is 10.0. The first kappa shape index (κ1) is 11.9. The summed E-state index contributed by atoms with van der Waals surface area (Å²) in [6.45, 7) is -0.0345. The first-order valence-corrected chi connectivity index (χ1v) is 4.98. The Morgan fingerprint density at radius 2 is 1.72 bits per heavy atom. The van der Waals surface area contributed by atoms with Gasteiger partial charge in [-0.05, 0) is 12.1 Å². The number of carboxylic acid groups (broad SMARTS) is 1. The van der Waals surface area contributed by atoms with Crippen LogP contribution in [0.1, 0.15) is 20.7 Å². The van der Waals surface area contributed by atoms with Gasteiger partial charge in [-0.15, -0.1) is 0 Å². The molecule has 0 bridgehead atoms. The number of Topliss-reactive ketones (excluding diaryl/α,β-unsaturated/α-hetero) is 1. The average molecular weight is 251 g/mol. The van der Waals surface area contributed by atoms with Gasteiger partial charge in [0.2, 0.25) is 6.79 Å². The third-order valence-corrected chi connectivity index (χ3v) is 2.42. The summed E-state index contributed by atoms with van der Waals surface area (Å²) in [5.74, 6) is -2.84. The van der Waals surface area contributed by atoms with Crippen LogP contribution in [0.2, 0.25) is 0 Å². The summed E-state index contributed by atoms with van der Waals surface area (Å²) < 4.78 is 10.1. The number of benzene rings is 1. The molecule has 1 heterocycles. The molecule has 0 aromatic heterocycles. The molecule has 7 heteroatoms. The van der Waals surface area contributed by atoms with Crippen molar-refractivity contribution < 1.29 is 29.0 Å². The number of ether oxygens (including phenoxy) is 2. The van der Waals surface area contributed by atoms with E-state index in [9.17, 15) is 14.4 Å². The molecule has 0 saturated heterocycles. The van der Waals surface area contributed by atoms with Crippen LogP contribution in [0, 0.1) is 0 Å². The SMILES string of the molecule is CNC(=O)c1cc2c(cc1C(=O)C(=O)O)OCO2. The van der Waals surface area contributed by atoms with Crippen molar-refractivity contribution in [1.82, 2.24) is 5.32 Å². The Labute approximate surface area is 101 Å². The molecular formula is C11H9NO6. The summed E-state index contributed by atoms with van der Waals surface area (Å²) in [7, 11) is 1.38. The summed E-state index contributed by atoms with van der Waals surface area (Å²) in [4.78, 5) is 33.8. The van der Waals surface area contributed by atoms with Crippen molar-refractivity contribution in [2.24, 2.45) is 0 Å². The fourth-order valence-electron chi connectivity index (χ4n) is 1.57. The number of amides is 1. The second-order valence-corrected chi connectivity index (χ2v) is 3.46. The maximum atomic E-state index is 11.6. The normalized spacial score (nSPS) is 12.1. The smallest absolute Gasteiger partial charge is 0.377 e. The Kier molecular flexibility index (Phi) is 2.88. The molecule has 0 saturated carbocycles. The van der Waals surface area contributed by atoms with E-state index in [1.54, 1.807) is 0 Å². The first-order valence-electron chi connectivity index (χ1n) is 4.98. The molecule has 0 atom stereocenters. The third kappa shape index (κ3) is 1.86. The minimum Gasteiger partial charge on any atom is -0.475 e. The fourth-order valence-corrected chi connectivity index (χ4v) is 1.57. The van der Waals surface area contributed by atoms with Crippen LogP contribution in [0.5, 0.6) is 11.5 Å².